The molecule has 0 saturated heterocycles. The maximum atomic E-state index is 14.0. The van der Waals surface area contributed by atoms with Crippen LogP contribution >= 0.6 is 0 Å². The van der Waals surface area contributed by atoms with E-state index in [0.717, 1.165) is 12.8 Å². The van der Waals surface area contributed by atoms with Gasteiger partial charge in [-0.2, -0.15) is 0 Å². The van der Waals surface area contributed by atoms with Crippen molar-refractivity contribution in [3.63, 3.8) is 0 Å². The molecular weight excluding hydrogens is 508 g/mol. The van der Waals surface area contributed by atoms with Crippen LogP contribution in [0.4, 0.5) is 11.4 Å². The van der Waals surface area contributed by atoms with Gasteiger partial charge in [-0.05, 0) is 57.3 Å². The maximum absolute atomic E-state index is 14.0. The van der Waals surface area contributed by atoms with E-state index in [1.54, 1.807) is 39.2 Å². The van der Waals surface area contributed by atoms with Gasteiger partial charge in [-0.1, -0.05) is 0 Å². The predicted molar refractivity (Wildman–Crippen MR) is 140 cm³/mol. The molecule has 0 aliphatic heterocycles. The zero-order valence-electron chi connectivity index (χ0n) is 22.1. The number of ketones is 2. The fraction of sp³-hybridized carbons (Fsp3) is 0.481. The van der Waals surface area contributed by atoms with Crippen LogP contribution < -0.4 is 16.0 Å². The molecule has 0 aromatic heterocycles. The number of phenols is 1. The Morgan fingerprint density at radius 1 is 1.10 bits per heavy atom. The molecule has 0 spiro atoms. The lowest BCUT2D eigenvalue weighted by Crippen LogP contribution is -2.65. The van der Waals surface area contributed by atoms with E-state index in [2.05, 4.69) is 5.32 Å². The molecule has 1 aromatic rings. The summed E-state index contributed by atoms with van der Waals surface area (Å²) >= 11 is 0. The summed E-state index contributed by atoms with van der Waals surface area (Å²) in [6.45, 7) is 0. The number of anilines is 2. The summed E-state index contributed by atoms with van der Waals surface area (Å²) in [4.78, 5) is 55.0. The monoisotopic (exact) mass is 540 g/mol. The normalized spacial score (nSPS) is 28.2. The van der Waals surface area contributed by atoms with Gasteiger partial charge in [0.15, 0.2) is 11.4 Å². The zero-order chi connectivity index (χ0) is 28.7. The highest BCUT2D eigenvalue weighted by molar-refractivity contribution is 6.24. The fourth-order valence-corrected chi connectivity index (χ4v) is 6.37. The van der Waals surface area contributed by atoms with Crippen LogP contribution in [-0.2, 0) is 25.6 Å². The van der Waals surface area contributed by atoms with Crippen LogP contribution in [0.2, 0.25) is 0 Å². The van der Waals surface area contributed by atoms with Gasteiger partial charge < -0.3 is 36.4 Å². The average molecular weight is 541 g/mol. The Bertz CT molecular complexity index is 1410. The van der Waals surface area contributed by atoms with Gasteiger partial charge in [0.1, 0.15) is 22.8 Å². The van der Waals surface area contributed by atoms with Crippen molar-refractivity contribution in [1.82, 2.24) is 4.90 Å². The Labute approximate surface area is 224 Å². The Morgan fingerprint density at radius 3 is 2.28 bits per heavy atom. The molecule has 4 aliphatic rings. The number of phenolic OH excluding ortho intramolecular Hbond substituents is 1. The third-order valence-corrected chi connectivity index (χ3v) is 8.39. The van der Waals surface area contributed by atoms with Gasteiger partial charge in [-0.3, -0.25) is 24.1 Å². The number of rotatable bonds is 5. The van der Waals surface area contributed by atoms with Crippen molar-refractivity contribution in [1.29, 1.82) is 0 Å². The molecule has 2 unspecified atom stereocenters. The molecule has 12 nitrogen and oxygen atoms in total. The Balaban J connectivity index is 1.71. The molecule has 0 heterocycles. The molecule has 2 saturated carbocycles. The first-order valence-corrected chi connectivity index (χ1v) is 12.7. The molecule has 1 aromatic carbocycles. The minimum absolute atomic E-state index is 0.000437. The van der Waals surface area contributed by atoms with Crippen molar-refractivity contribution in [3.8, 4) is 5.75 Å². The van der Waals surface area contributed by atoms with E-state index >= 15 is 0 Å². The first-order chi connectivity index (χ1) is 18.2. The number of amides is 2. The van der Waals surface area contributed by atoms with Crippen molar-refractivity contribution in [2.45, 2.75) is 37.3 Å². The number of carbonyl (C=O) groups excluding carboxylic acids is 4. The maximum Gasteiger partial charge on any atom is 0.255 e. The number of benzene rings is 1. The summed E-state index contributed by atoms with van der Waals surface area (Å²) in [6, 6.07) is 0.456. The number of Topliss-reactive ketones (excluding diaryl/α,β-unsaturated/α-hetero) is 2. The minimum atomic E-state index is -2.71. The van der Waals surface area contributed by atoms with Gasteiger partial charge in [-0.15, -0.1) is 0 Å². The molecule has 0 radical (unpaired) electrons. The number of aliphatic hydroxyl groups excluding tert-OH is 2. The predicted octanol–water partition coefficient (Wildman–Crippen LogP) is 0.379. The number of nitrogens with two attached hydrogens (primary N) is 1. The number of carbonyl (C=O) groups is 4. The van der Waals surface area contributed by atoms with E-state index in [1.165, 1.54) is 4.90 Å². The van der Waals surface area contributed by atoms with Crippen LogP contribution in [-0.4, -0.2) is 88.5 Å². The second-order valence-electron chi connectivity index (χ2n) is 11.3. The first-order valence-electron chi connectivity index (χ1n) is 12.7. The van der Waals surface area contributed by atoms with E-state index in [4.69, 9.17) is 5.73 Å². The summed E-state index contributed by atoms with van der Waals surface area (Å²) in [5, 5.41) is 48.0. The van der Waals surface area contributed by atoms with Crippen LogP contribution in [0.3, 0.4) is 0 Å². The number of primary amides is 1. The molecule has 2 amide bonds. The molecule has 12 heteroatoms. The number of nitrogens with zero attached hydrogens (tertiary/aromatic N) is 2. The minimum Gasteiger partial charge on any atom is -0.508 e. The second kappa shape index (κ2) is 8.82. The van der Waals surface area contributed by atoms with Crippen LogP contribution in [0.5, 0.6) is 5.75 Å². The van der Waals surface area contributed by atoms with E-state index in [-0.39, 0.29) is 41.5 Å². The van der Waals surface area contributed by atoms with Crippen molar-refractivity contribution in [2.24, 2.45) is 23.5 Å². The molecule has 5 rings (SSSR count). The van der Waals surface area contributed by atoms with E-state index in [0.29, 0.717) is 11.3 Å². The third kappa shape index (κ3) is 3.73. The molecule has 2 fully saturated rings. The highest BCUT2D eigenvalue weighted by Gasteiger charge is 2.64. The Hall–Kier alpha value is -3.90. The molecule has 0 bridgehead atoms. The van der Waals surface area contributed by atoms with Crippen molar-refractivity contribution < 1.29 is 39.6 Å². The average Bonchev–Trinajstić information content (AvgIpc) is 3.68. The number of aliphatic hydroxyl groups is 3. The molecule has 4 aliphatic carbocycles. The SMILES string of the molecule is CN(C)c1cc(NC(=O)C2CC2)c(O)c2c1CC1CC3[C@H](N(C)C)C(=O)C(C(N)=O)=C(O)[C@@]3(O)C(=O)C1=C2O. The van der Waals surface area contributed by atoms with Crippen LogP contribution in [0.15, 0.2) is 23.0 Å². The lowest BCUT2D eigenvalue weighted by Gasteiger charge is -2.50. The van der Waals surface area contributed by atoms with Crippen LogP contribution in [0, 0.1) is 17.8 Å². The quantitative estimate of drug-likeness (QED) is 0.225. The second-order valence-corrected chi connectivity index (χ2v) is 11.3. The Morgan fingerprint density at radius 2 is 1.74 bits per heavy atom. The number of likely N-dealkylation sites (N-methyl/N-ethyl adjacent to an activating group) is 1. The smallest absolute Gasteiger partial charge is 0.255 e. The summed E-state index contributed by atoms with van der Waals surface area (Å²) in [5.74, 6) is -7.60. The summed E-state index contributed by atoms with van der Waals surface area (Å²) in [6.07, 6.45) is 1.64. The van der Waals surface area contributed by atoms with Gasteiger partial charge >= 0.3 is 0 Å². The van der Waals surface area contributed by atoms with Crippen LogP contribution in [0.1, 0.15) is 30.4 Å². The van der Waals surface area contributed by atoms with Crippen molar-refractivity contribution in [2.75, 3.05) is 38.4 Å². The van der Waals surface area contributed by atoms with Crippen LogP contribution in [0.25, 0.3) is 5.76 Å². The number of nitrogens with one attached hydrogen (secondary N) is 1. The molecule has 39 heavy (non-hydrogen) atoms. The third-order valence-electron chi connectivity index (χ3n) is 8.39. The summed E-state index contributed by atoms with van der Waals surface area (Å²) in [5.41, 5.74) is 2.66. The van der Waals surface area contributed by atoms with E-state index in [1.807, 2.05) is 0 Å². The summed E-state index contributed by atoms with van der Waals surface area (Å²) in [7, 11) is 6.62. The van der Waals surface area contributed by atoms with Gasteiger partial charge in [0.2, 0.25) is 11.7 Å². The largest absolute Gasteiger partial charge is 0.508 e. The molecule has 208 valence electrons. The Kier molecular flexibility index (Phi) is 6.03. The van der Waals surface area contributed by atoms with Gasteiger partial charge in [-0.25, -0.2) is 0 Å². The van der Waals surface area contributed by atoms with E-state index < -0.39 is 63.8 Å². The molecule has 4 atom stereocenters. The highest BCUT2D eigenvalue weighted by Crippen LogP contribution is 2.54. The van der Waals surface area contributed by atoms with Gasteiger partial charge in [0, 0.05) is 37.2 Å². The van der Waals surface area contributed by atoms with Crippen molar-refractivity contribution >= 4 is 40.5 Å². The highest BCUT2D eigenvalue weighted by atomic mass is 16.3. The number of aromatic hydroxyl groups is 1. The van der Waals surface area contributed by atoms with Gasteiger partial charge in [0.05, 0.1) is 17.3 Å². The molecular formula is C27H32N4O8. The zero-order valence-corrected chi connectivity index (χ0v) is 22.1. The number of hydrogen-bond donors (Lipinski definition) is 6. The standard InChI is InChI=1S/C27H32N4O8/c1-30(2)15-9-14(29-26(38)10-5-6-10)20(32)17-12(15)7-11-8-13-19(31(3)4)22(34)18(25(28)37)24(36)27(13,39)23(35)16(11)21(17)33/h9-11,13,19,32-33,36,39H,5-8H2,1-4H3,(H2,28,37)(H,29,38)/t11?,13?,19-,27-/m0/s1. The summed E-state index contributed by atoms with van der Waals surface area (Å²) < 4.78 is 0. The first kappa shape index (κ1) is 26.7. The number of hydrogen-bond acceptors (Lipinski definition) is 10. The van der Waals surface area contributed by atoms with Gasteiger partial charge in [0.25, 0.3) is 5.91 Å². The molecule has 7 N–H and O–H groups in total. The van der Waals surface area contributed by atoms with E-state index in [9.17, 15) is 39.6 Å². The number of fused-ring (bicyclic) bond motifs is 3. The fourth-order valence-electron chi connectivity index (χ4n) is 6.37. The topological polar surface area (TPSA) is 194 Å². The lowest BCUT2D eigenvalue weighted by molar-refractivity contribution is -0.153. The lowest BCUT2D eigenvalue weighted by atomic mass is 9.57. The van der Waals surface area contributed by atoms with Crippen molar-refractivity contribution in [3.05, 3.63) is 34.1 Å².